The van der Waals surface area contributed by atoms with Crippen LogP contribution in [0.3, 0.4) is 0 Å². The number of allylic oxidation sites excluding steroid dienone is 14. The Bertz CT molecular complexity index is 1110. The van der Waals surface area contributed by atoms with Crippen molar-refractivity contribution in [3.8, 4) is 0 Å². The second-order valence-corrected chi connectivity index (χ2v) is 11.1. The highest BCUT2D eigenvalue weighted by Crippen LogP contribution is 2.50. The first-order valence-corrected chi connectivity index (χ1v) is 12.8. The molecule has 0 aromatic carbocycles. The lowest BCUT2D eigenvalue weighted by molar-refractivity contribution is 0.928. The van der Waals surface area contributed by atoms with Crippen LogP contribution in [0.25, 0.3) is 0 Å². The fraction of sp³-hybridized carbons (Fsp3) is 0.286. The van der Waals surface area contributed by atoms with Crippen LogP contribution in [0.15, 0.2) is 114 Å². The summed E-state index contributed by atoms with van der Waals surface area (Å²) in [4.78, 5) is 0. The van der Waals surface area contributed by atoms with Crippen molar-refractivity contribution in [3.05, 3.63) is 114 Å². The normalized spacial score (nSPS) is 28.7. The van der Waals surface area contributed by atoms with Crippen LogP contribution >= 0.6 is 23.5 Å². The lowest BCUT2D eigenvalue weighted by Crippen LogP contribution is -2.11. The maximum atomic E-state index is 2.52. The van der Waals surface area contributed by atoms with Crippen LogP contribution in [0.4, 0.5) is 0 Å². The quantitative estimate of drug-likeness (QED) is 0.448. The molecule has 2 aliphatic heterocycles. The van der Waals surface area contributed by atoms with Crippen molar-refractivity contribution in [1.82, 2.24) is 0 Å². The minimum Gasteiger partial charge on any atom is -0.122 e. The molecular formula is C28H26S2. The standard InChI is InChI=1S/C28H26S2/c1-15-11-23-17(3)21-7-9-29-27(21)13-25(23)19(15)5-6-20-16(2)12-24-18(4)22-8-10-30-28(22)14-26(20)24/h7-14,27-28H,5-6H2,1-4H3. The highest BCUT2D eigenvalue weighted by molar-refractivity contribution is 8.03. The number of rotatable bonds is 3. The average molecular weight is 427 g/mol. The van der Waals surface area contributed by atoms with Crippen molar-refractivity contribution in [3.63, 3.8) is 0 Å². The fourth-order valence-electron chi connectivity index (χ4n) is 5.71. The van der Waals surface area contributed by atoms with Gasteiger partial charge in [-0.05, 0) is 118 Å². The van der Waals surface area contributed by atoms with E-state index in [1.165, 1.54) is 55.7 Å². The zero-order valence-corrected chi connectivity index (χ0v) is 19.6. The molecule has 2 unspecified atom stereocenters. The van der Waals surface area contributed by atoms with E-state index in [2.05, 4.69) is 75.0 Å². The molecule has 0 aromatic heterocycles. The Morgan fingerprint density at radius 2 is 1.07 bits per heavy atom. The Morgan fingerprint density at radius 1 is 0.633 bits per heavy atom. The summed E-state index contributed by atoms with van der Waals surface area (Å²) in [6.45, 7) is 9.22. The first kappa shape index (κ1) is 18.8. The van der Waals surface area contributed by atoms with E-state index in [0.717, 1.165) is 12.8 Å². The zero-order chi connectivity index (χ0) is 20.6. The third-order valence-corrected chi connectivity index (χ3v) is 9.35. The van der Waals surface area contributed by atoms with Gasteiger partial charge in [0, 0.05) is 0 Å². The minimum absolute atomic E-state index is 0.512. The average Bonchev–Trinajstić information content (AvgIpc) is 3.48. The van der Waals surface area contributed by atoms with E-state index in [9.17, 15) is 0 Å². The molecule has 0 saturated carbocycles. The highest BCUT2D eigenvalue weighted by Gasteiger charge is 2.33. The van der Waals surface area contributed by atoms with Crippen molar-refractivity contribution in [2.24, 2.45) is 0 Å². The van der Waals surface area contributed by atoms with Gasteiger partial charge in [-0.2, -0.15) is 0 Å². The third-order valence-electron chi connectivity index (χ3n) is 7.40. The molecule has 0 saturated heterocycles. The van der Waals surface area contributed by atoms with Crippen molar-refractivity contribution < 1.29 is 0 Å². The zero-order valence-electron chi connectivity index (χ0n) is 18.0. The smallest absolute Gasteiger partial charge is 0.0530 e. The van der Waals surface area contributed by atoms with Crippen molar-refractivity contribution in [1.29, 1.82) is 0 Å². The Hall–Kier alpha value is -1.90. The number of hydrogen-bond acceptors (Lipinski definition) is 2. The van der Waals surface area contributed by atoms with Crippen LogP contribution in [-0.2, 0) is 0 Å². The van der Waals surface area contributed by atoms with E-state index in [1.54, 1.807) is 11.1 Å². The predicted molar refractivity (Wildman–Crippen MR) is 133 cm³/mol. The summed E-state index contributed by atoms with van der Waals surface area (Å²) in [5.41, 5.74) is 17.9. The lowest BCUT2D eigenvalue weighted by Gasteiger charge is -2.24. The molecule has 0 aromatic rings. The Morgan fingerprint density at radius 3 is 1.50 bits per heavy atom. The summed E-state index contributed by atoms with van der Waals surface area (Å²) in [5.74, 6) is 0. The predicted octanol–water partition coefficient (Wildman–Crippen LogP) is 8.05. The second-order valence-electron chi connectivity index (χ2n) is 8.98. The summed E-state index contributed by atoms with van der Waals surface area (Å²) < 4.78 is 0. The van der Waals surface area contributed by atoms with E-state index in [1.807, 2.05) is 23.5 Å². The SMILES string of the molecule is CC1=C(CCC2=C(C)C=C3C2=CC2SC=CC2=C3C)C2=CC3SC=CC3=C(C)C2=C1. The van der Waals surface area contributed by atoms with Crippen molar-refractivity contribution in [2.45, 2.75) is 51.0 Å². The third kappa shape index (κ3) is 2.63. The molecular weight excluding hydrogens is 400 g/mol. The van der Waals surface area contributed by atoms with E-state index in [4.69, 9.17) is 0 Å². The molecule has 0 amide bonds. The van der Waals surface area contributed by atoms with Gasteiger partial charge < -0.3 is 0 Å². The Kier molecular flexibility index (Phi) is 4.27. The topological polar surface area (TPSA) is 0 Å². The molecule has 0 N–H and O–H groups in total. The molecule has 0 bridgehead atoms. The largest absolute Gasteiger partial charge is 0.122 e. The highest BCUT2D eigenvalue weighted by atomic mass is 32.2. The molecule has 30 heavy (non-hydrogen) atoms. The first-order chi connectivity index (χ1) is 14.5. The molecule has 0 spiro atoms. The Balaban J connectivity index is 1.26. The molecule has 2 heteroatoms. The molecule has 2 atom stereocenters. The van der Waals surface area contributed by atoms with Crippen LogP contribution in [0.5, 0.6) is 0 Å². The van der Waals surface area contributed by atoms with Gasteiger partial charge in [0.25, 0.3) is 0 Å². The number of thioether (sulfide) groups is 2. The maximum absolute atomic E-state index is 2.52. The summed E-state index contributed by atoms with van der Waals surface area (Å²) in [5, 5.41) is 5.54. The molecule has 6 aliphatic rings. The van der Waals surface area contributed by atoms with Gasteiger partial charge >= 0.3 is 0 Å². The number of fused-ring (bicyclic) bond motifs is 4. The molecule has 2 heterocycles. The monoisotopic (exact) mass is 426 g/mol. The van der Waals surface area contributed by atoms with Gasteiger partial charge in [-0.15, -0.1) is 23.5 Å². The van der Waals surface area contributed by atoms with Gasteiger partial charge in [0.1, 0.15) is 0 Å². The van der Waals surface area contributed by atoms with E-state index in [-0.39, 0.29) is 0 Å². The van der Waals surface area contributed by atoms with Crippen LogP contribution in [0.2, 0.25) is 0 Å². The van der Waals surface area contributed by atoms with Crippen LogP contribution in [0, 0.1) is 0 Å². The van der Waals surface area contributed by atoms with E-state index in [0.29, 0.717) is 10.5 Å². The minimum atomic E-state index is 0.512. The maximum Gasteiger partial charge on any atom is 0.0530 e. The molecule has 0 nitrogen and oxygen atoms in total. The molecule has 150 valence electrons. The van der Waals surface area contributed by atoms with Gasteiger partial charge in [0.05, 0.1) is 10.5 Å². The van der Waals surface area contributed by atoms with E-state index >= 15 is 0 Å². The van der Waals surface area contributed by atoms with Gasteiger partial charge in [-0.3, -0.25) is 0 Å². The van der Waals surface area contributed by atoms with Gasteiger partial charge in [-0.25, -0.2) is 0 Å². The van der Waals surface area contributed by atoms with Crippen LogP contribution in [-0.4, -0.2) is 10.5 Å². The number of hydrogen-bond donors (Lipinski definition) is 0. The van der Waals surface area contributed by atoms with Gasteiger partial charge in [-0.1, -0.05) is 36.5 Å². The molecule has 0 radical (unpaired) electrons. The van der Waals surface area contributed by atoms with E-state index < -0.39 is 0 Å². The van der Waals surface area contributed by atoms with Gasteiger partial charge in [0.15, 0.2) is 0 Å². The second kappa shape index (κ2) is 6.80. The summed E-state index contributed by atoms with van der Waals surface area (Å²) in [6.07, 6.45) is 16.8. The molecule has 6 rings (SSSR count). The van der Waals surface area contributed by atoms with Crippen molar-refractivity contribution >= 4 is 23.5 Å². The van der Waals surface area contributed by atoms with Crippen LogP contribution in [0.1, 0.15) is 40.5 Å². The molecule has 0 fully saturated rings. The van der Waals surface area contributed by atoms with Crippen LogP contribution < -0.4 is 0 Å². The lowest BCUT2D eigenvalue weighted by atomic mass is 9.83. The van der Waals surface area contributed by atoms with Gasteiger partial charge in [0.2, 0.25) is 0 Å². The van der Waals surface area contributed by atoms with Crippen molar-refractivity contribution in [2.75, 3.05) is 0 Å². The summed E-state index contributed by atoms with van der Waals surface area (Å²) in [6, 6.07) is 0. The fourth-order valence-corrected chi connectivity index (χ4v) is 7.73. The summed E-state index contributed by atoms with van der Waals surface area (Å²) in [7, 11) is 0. The first-order valence-electron chi connectivity index (χ1n) is 10.9. The molecule has 4 aliphatic carbocycles. The Labute approximate surface area is 188 Å². The summed E-state index contributed by atoms with van der Waals surface area (Å²) >= 11 is 3.89.